The Morgan fingerprint density at radius 1 is 1.48 bits per heavy atom. The van der Waals surface area contributed by atoms with Crippen LogP contribution in [0.2, 0.25) is 5.02 Å². The van der Waals surface area contributed by atoms with Crippen molar-refractivity contribution in [3.8, 4) is 5.75 Å². The van der Waals surface area contributed by atoms with Gasteiger partial charge in [-0.25, -0.2) is 0 Å². The maximum Gasteiger partial charge on any atom is 0.220 e. The van der Waals surface area contributed by atoms with E-state index < -0.39 is 0 Å². The van der Waals surface area contributed by atoms with Crippen molar-refractivity contribution in [3.63, 3.8) is 0 Å². The van der Waals surface area contributed by atoms with E-state index in [4.69, 9.17) is 16.3 Å². The number of carbonyl (C=O) groups is 1. The van der Waals surface area contributed by atoms with Crippen molar-refractivity contribution in [2.75, 3.05) is 26.2 Å². The highest BCUT2D eigenvalue weighted by Crippen LogP contribution is 2.21. The highest BCUT2D eigenvalue weighted by atomic mass is 35.5. The van der Waals surface area contributed by atoms with E-state index in [0.29, 0.717) is 18.9 Å². The summed E-state index contributed by atoms with van der Waals surface area (Å²) in [6, 6.07) is 5.60. The number of hydrogen-bond acceptors (Lipinski definition) is 3. The number of rotatable bonds is 7. The van der Waals surface area contributed by atoms with E-state index in [1.54, 1.807) is 0 Å². The Bertz CT molecular complexity index is 491. The maximum absolute atomic E-state index is 11.8. The van der Waals surface area contributed by atoms with Crippen LogP contribution in [0.4, 0.5) is 0 Å². The molecule has 4 nitrogen and oxygen atoms in total. The Balaban J connectivity index is 0.00000264. The van der Waals surface area contributed by atoms with Crippen LogP contribution in [-0.2, 0) is 4.79 Å². The summed E-state index contributed by atoms with van der Waals surface area (Å²) in [4.78, 5) is 11.8. The number of halogens is 2. The minimum Gasteiger partial charge on any atom is -0.494 e. The number of ether oxygens (including phenoxy) is 1. The zero-order valence-electron chi connectivity index (χ0n) is 13.6. The number of nitrogens with one attached hydrogen (secondary N) is 2. The summed E-state index contributed by atoms with van der Waals surface area (Å²) >= 11 is 5.97. The Morgan fingerprint density at radius 2 is 2.30 bits per heavy atom. The van der Waals surface area contributed by atoms with Crippen LogP contribution in [0.25, 0.3) is 0 Å². The first-order valence-electron chi connectivity index (χ1n) is 8.01. The molecule has 1 aromatic carbocycles. The van der Waals surface area contributed by atoms with Crippen LogP contribution in [0, 0.1) is 12.8 Å². The van der Waals surface area contributed by atoms with E-state index in [1.165, 1.54) is 12.8 Å². The average molecular weight is 361 g/mol. The van der Waals surface area contributed by atoms with E-state index >= 15 is 0 Å². The summed E-state index contributed by atoms with van der Waals surface area (Å²) in [7, 11) is 0. The van der Waals surface area contributed by atoms with E-state index in [-0.39, 0.29) is 18.3 Å². The van der Waals surface area contributed by atoms with E-state index in [1.807, 2.05) is 25.1 Å². The third-order valence-corrected chi connectivity index (χ3v) is 4.36. The predicted molar refractivity (Wildman–Crippen MR) is 96.8 cm³/mol. The van der Waals surface area contributed by atoms with E-state index in [9.17, 15) is 4.79 Å². The van der Waals surface area contributed by atoms with E-state index in [0.717, 1.165) is 42.4 Å². The molecule has 1 aliphatic rings. The minimum absolute atomic E-state index is 0. The van der Waals surface area contributed by atoms with Crippen LogP contribution in [0.3, 0.4) is 0 Å². The summed E-state index contributed by atoms with van der Waals surface area (Å²) in [6.45, 7) is 5.39. The van der Waals surface area contributed by atoms with Crippen LogP contribution in [0.1, 0.15) is 31.2 Å². The van der Waals surface area contributed by atoms with Gasteiger partial charge in [-0.3, -0.25) is 4.79 Å². The molecule has 2 rings (SSSR count). The number of aryl methyl sites for hydroxylation is 1. The van der Waals surface area contributed by atoms with Gasteiger partial charge in [0.1, 0.15) is 5.75 Å². The van der Waals surface area contributed by atoms with Crippen molar-refractivity contribution in [3.05, 3.63) is 28.8 Å². The predicted octanol–water partition coefficient (Wildman–Crippen LogP) is 3.35. The van der Waals surface area contributed by atoms with Crippen molar-refractivity contribution in [2.24, 2.45) is 5.92 Å². The van der Waals surface area contributed by atoms with Gasteiger partial charge >= 0.3 is 0 Å². The largest absolute Gasteiger partial charge is 0.494 e. The Hall–Kier alpha value is -0.970. The molecule has 0 aromatic heterocycles. The molecule has 1 unspecified atom stereocenters. The van der Waals surface area contributed by atoms with Crippen molar-refractivity contribution >= 4 is 29.9 Å². The lowest BCUT2D eigenvalue weighted by molar-refractivity contribution is -0.121. The quantitative estimate of drug-likeness (QED) is 0.733. The van der Waals surface area contributed by atoms with Gasteiger partial charge in [0, 0.05) is 18.0 Å². The smallest absolute Gasteiger partial charge is 0.220 e. The third-order valence-electron chi connectivity index (χ3n) is 3.93. The first kappa shape index (κ1) is 20.1. The van der Waals surface area contributed by atoms with Gasteiger partial charge in [0.05, 0.1) is 6.61 Å². The second-order valence-electron chi connectivity index (χ2n) is 5.88. The van der Waals surface area contributed by atoms with Gasteiger partial charge in [-0.15, -0.1) is 12.4 Å². The van der Waals surface area contributed by atoms with Crippen LogP contribution in [0.5, 0.6) is 5.75 Å². The van der Waals surface area contributed by atoms with Crippen molar-refractivity contribution < 1.29 is 9.53 Å². The molecule has 1 amide bonds. The Morgan fingerprint density at radius 3 is 3.00 bits per heavy atom. The molecule has 0 spiro atoms. The molecule has 6 heteroatoms. The number of piperidine rings is 1. The number of carbonyl (C=O) groups excluding carboxylic acids is 1. The van der Waals surface area contributed by atoms with Crippen molar-refractivity contribution in [2.45, 2.75) is 32.6 Å². The van der Waals surface area contributed by atoms with Gasteiger partial charge in [-0.05, 0) is 69.0 Å². The summed E-state index contributed by atoms with van der Waals surface area (Å²) in [5.41, 5.74) is 0.998. The van der Waals surface area contributed by atoms with Gasteiger partial charge in [0.15, 0.2) is 0 Å². The van der Waals surface area contributed by atoms with Gasteiger partial charge in [0.25, 0.3) is 0 Å². The standard InChI is InChI=1S/C17H25ClN2O2.ClH/c1-13-10-15(6-7-16(13)18)22-9-3-5-17(21)20-12-14-4-2-8-19-11-14;/h6-7,10,14,19H,2-5,8-9,11-12H2,1H3,(H,20,21);1H. The monoisotopic (exact) mass is 360 g/mol. The Kier molecular flexibility index (Phi) is 9.37. The lowest BCUT2D eigenvalue weighted by Gasteiger charge is -2.22. The first-order valence-corrected chi connectivity index (χ1v) is 8.39. The van der Waals surface area contributed by atoms with Gasteiger partial charge in [-0.1, -0.05) is 11.6 Å². The normalized spacial score (nSPS) is 17.2. The summed E-state index contributed by atoms with van der Waals surface area (Å²) in [6.07, 6.45) is 3.63. The lowest BCUT2D eigenvalue weighted by atomic mass is 10.00. The molecule has 0 saturated carbocycles. The molecule has 0 aliphatic carbocycles. The fourth-order valence-corrected chi connectivity index (χ4v) is 2.69. The molecule has 1 fully saturated rings. The molecular weight excluding hydrogens is 335 g/mol. The SMILES string of the molecule is Cc1cc(OCCCC(=O)NCC2CCCNC2)ccc1Cl.Cl. The average Bonchev–Trinajstić information content (AvgIpc) is 2.54. The number of benzene rings is 1. The molecule has 1 atom stereocenters. The van der Waals surface area contributed by atoms with Crippen LogP contribution in [-0.4, -0.2) is 32.1 Å². The summed E-state index contributed by atoms with van der Waals surface area (Å²) in [5.74, 6) is 1.49. The molecule has 23 heavy (non-hydrogen) atoms. The van der Waals surface area contributed by atoms with Crippen LogP contribution < -0.4 is 15.4 Å². The van der Waals surface area contributed by atoms with Crippen LogP contribution >= 0.6 is 24.0 Å². The second kappa shape index (κ2) is 10.7. The first-order chi connectivity index (χ1) is 10.6. The molecule has 130 valence electrons. The fourth-order valence-electron chi connectivity index (χ4n) is 2.57. The lowest BCUT2D eigenvalue weighted by Crippen LogP contribution is -2.38. The number of hydrogen-bond donors (Lipinski definition) is 2. The third kappa shape index (κ3) is 7.42. The van der Waals surface area contributed by atoms with Crippen LogP contribution in [0.15, 0.2) is 18.2 Å². The highest BCUT2D eigenvalue weighted by molar-refractivity contribution is 6.31. The molecule has 2 N–H and O–H groups in total. The topological polar surface area (TPSA) is 50.4 Å². The van der Waals surface area contributed by atoms with E-state index in [2.05, 4.69) is 10.6 Å². The number of amides is 1. The zero-order valence-corrected chi connectivity index (χ0v) is 15.1. The molecule has 1 heterocycles. The Labute approximate surface area is 149 Å². The second-order valence-corrected chi connectivity index (χ2v) is 6.29. The van der Waals surface area contributed by atoms with Crippen molar-refractivity contribution in [1.29, 1.82) is 0 Å². The molecule has 0 bridgehead atoms. The summed E-state index contributed by atoms with van der Waals surface area (Å²) in [5, 5.41) is 7.11. The van der Waals surface area contributed by atoms with Crippen molar-refractivity contribution in [1.82, 2.24) is 10.6 Å². The molecule has 1 aliphatic heterocycles. The maximum atomic E-state index is 11.8. The highest BCUT2D eigenvalue weighted by Gasteiger charge is 2.13. The molecule has 1 aromatic rings. The minimum atomic E-state index is 0. The zero-order chi connectivity index (χ0) is 15.8. The van der Waals surface area contributed by atoms with Gasteiger partial charge < -0.3 is 15.4 Å². The van der Waals surface area contributed by atoms with Gasteiger partial charge in [0.2, 0.25) is 5.91 Å². The van der Waals surface area contributed by atoms with Gasteiger partial charge in [-0.2, -0.15) is 0 Å². The fraction of sp³-hybridized carbons (Fsp3) is 0.588. The molecular formula is C17H26Cl2N2O2. The molecule has 1 saturated heterocycles. The summed E-state index contributed by atoms with van der Waals surface area (Å²) < 4.78 is 5.64. The molecule has 0 radical (unpaired) electrons.